The molecule has 0 N–H and O–H groups in total. The molecule has 1 aromatic carbocycles. The first-order valence-corrected chi connectivity index (χ1v) is 10.6. The van der Waals surface area contributed by atoms with Gasteiger partial charge in [0.15, 0.2) is 0 Å². The second-order valence-electron chi connectivity index (χ2n) is 7.72. The van der Waals surface area contributed by atoms with Crippen LogP contribution >= 0.6 is 0 Å². The van der Waals surface area contributed by atoms with Crippen LogP contribution in [-0.2, 0) is 11.3 Å². The SMILES string of the molecule is CCCCCCCCCCCCN(Cc1ccccc1)C(=O)CN(C)C. The third-order valence-electron chi connectivity index (χ3n) is 4.80. The Morgan fingerprint density at radius 3 is 1.88 bits per heavy atom. The fourth-order valence-corrected chi connectivity index (χ4v) is 3.26. The molecule has 0 radical (unpaired) electrons. The van der Waals surface area contributed by atoms with Crippen LogP contribution in [0.15, 0.2) is 30.3 Å². The Kier molecular flexibility index (Phi) is 12.9. The number of hydrogen-bond donors (Lipinski definition) is 0. The Morgan fingerprint density at radius 2 is 1.35 bits per heavy atom. The standard InChI is InChI=1S/C23H40N2O/c1-4-5-6-7-8-9-10-11-12-16-19-25(23(26)21-24(2)3)20-22-17-14-13-15-18-22/h13-15,17-18H,4-12,16,19-21H2,1-3H3. The lowest BCUT2D eigenvalue weighted by atomic mass is 10.1. The minimum atomic E-state index is 0.231. The van der Waals surface area contributed by atoms with Crippen LogP contribution < -0.4 is 0 Å². The second-order valence-corrected chi connectivity index (χ2v) is 7.72. The van der Waals surface area contributed by atoms with E-state index in [4.69, 9.17) is 0 Å². The molecule has 0 saturated heterocycles. The molecule has 3 heteroatoms. The molecule has 0 aromatic heterocycles. The molecule has 148 valence electrons. The van der Waals surface area contributed by atoms with Crippen molar-refractivity contribution in [3.05, 3.63) is 35.9 Å². The van der Waals surface area contributed by atoms with E-state index in [1.807, 2.05) is 42.1 Å². The summed E-state index contributed by atoms with van der Waals surface area (Å²) in [6.45, 7) is 4.36. The summed E-state index contributed by atoms with van der Waals surface area (Å²) >= 11 is 0. The Hall–Kier alpha value is -1.35. The van der Waals surface area contributed by atoms with Crippen LogP contribution in [0, 0.1) is 0 Å². The van der Waals surface area contributed by atoms with Crippen molar-refractivity contribution >= 4 is 5.91 Å². The quantitative estimate of drug-likeness (QED) is 0.386. The molecule has 0 saturated carbocycles. The Bertz CT molecular complexity index is 459. The summed E-state index contributed by atoms with van der Waals surface area (Å²) in [4.78, 5) is 16.5. The molecule has 0 aliphatic heterocycles. The van der Waals surface area contributed by atoms with Crippen LogP contribution in [0.5, 0.6) is 0 Å². The first kappa shape index (κ1) is 22.7. The Balaban J connectivity index is 2.24. The summed E-state index contributed by atoms with van der Waals surface area (Å²) in [6.07, 6.45) is 13.3. The van der Waals surface area contributed by atoms with Crippen molar-refractivity contribution in [2.75, 3.05) is 27.2 Å². The van der Waals surface area contributed by atoms with Gasteiger partial charge in [-0.15, -0.1) is 0 Å². The number of benzene rings is 1. The van der Waals surface area contributed by atoms with Gasteiger partial charge in [-0.05, 0) is 26.1 Å². The third kappa shape index (κ3) is 11.3. The molecule has 26 heavy (non-hydrogen) atoms. The summed E-state index contributed by atoms with van der Waals surface area (Å²) < 4.78 is 0. The van der Waals surface area contributed by atoms with E-state index in [0.29, 0.717) is 6.54 Å². The second kappa shape index (κ2) is 14.8. The number of amides is 1. The molecule has 1 aromatic rings. The van der Waals surface area contributed by atoms with E-state index in [1.54, 1.807) is 0 Å². The highest BCUT2D eigenvalue weighted by atomic mass is 16.2. The van der Waals surface area contributed by atoms with Crippen LogP contribution in [0.4, 0.5) is 0 Å². The molecule has 0 spiro atoms. The topological polar surface area (TPSA) is 23.6 Å². The zero-order chi connectivity index (χ0) is 19.0. The monoisotopic (exact) mass is 360 g/mol. The number of hydrogen-bond acceptors (Lipinski definition) is 2. The van der Waals surface area contributed by atoms with E-state index in [0.717, 1.165) is 19.5 Å². The van der Waals surface area contributed by atoms with Crippen LogP contribution in [0.3, 0.4) is 0 Å². The molecular formula is C23H40N2O. The fraction of sp³-hybridized carbons (Fsp3) is 0.696. The van der Waals surface area contributed by atoms with Gasteiger partial charge in [-0.2, -0.15) is 0 Å². The van der Waals surface area contributed by atoms with Crippen LogP contribution in [0.1, 0.15) is 76.7 Å². The van der Waals surface area contributed by atoms with E-state index in [-0.39, 0.29) is 5.91 Å². The minimum absolute atomic E-state index is 0.231. The molecule has 0 aliphatic rings. The highest BCUT2D eigenvalue weighted by molar-refractivity contribution is 5.78. The van der Waals surface area contributed by atoms with Crippen molar-refractivity contribution in [1.82, 2.24) is 9.80 Å². The van der Waals surface area contributed by atoms with Gasteiger partial charge >= 0.3 is 0 Å². The highest BCUT2D eigenvalue weighted by Gasteiger charge is 2.14. The van der Waals surface area contributed by atoms with Gasteiger partial charge < -0.3 is 9.80 Å². The molecule has 3 nitrogen and oxygen atoms in total. The van der Waals surface area contributed by atoms with Gasteiger partial charge in [0, 0.05) is 13.1 Å². The maximum Gasteiger partial charge on any atom is 0.237 e. The number of likely N-dealkylation sites (N-methyl/N-ethyl adjacent to an activating group) is 1. The predicted octanol–water partition coefficient (Wildman–Crippen LogP) is 5.50. The van der Waals surface area contributed by atoms with Crippen LogP contribution in [0.25, 0.3) is 0 Å². The van der Waals surface area contributed by atoms with Crippen LogP contribution in [-0.4, -0.2) is 42.9 Å². The van der Waals surface area contributed by atoms with Gasteiger partial charge in [0.1, 0.15) is 0 Å². The predicted molar refractivity (Wildman–Crippen MR) is 112 cm³/mol. The first-order chi connectivity index (χ1) is 12.6. The number of nitrogens with zero attached hydrogens (tertiary/aromatic N) is 2. The largest absolute Gasteiger partial charge is 0.337 e. The average molecular weight is 361 g/mol. The summed E-state index contributed by atoms with van der Waals surface area (Å²) in [7, 11) is 3.91. The maximum absolute atomic E-state index is 12.5. The first-order valence-electron chi connectivity index (χ1n) is 10.6. The highest BCUT2D eigenvalue weighted by Crippen LogP contribution is 2.12. The molecule has 0 unspecified atom stereocenters. The van der Waals surface area contributed by atoms with Crippen molar-refractivity contribution in [2.24, 2.45) is 0 Å². The van der Waals surface area contributed by atoms with Crippen molar-refractivity contribution in [2.45, 2.75) is 77.7 Å². The summed E-state index contributed by atoms with van der Waals surface area (Å²) in [5.74, 6) is 0.231. The maximum atomic E-state index is 12.5. The van der Waals surface area contributed by atoms with Crippen molar-refractivity contribution in [3.63, 3.8) is 0 Å². The number of carbonyl (C=O) groups excluding carboxylic acids is 1. The molecule has 0 fully saturated rings. The lowest BCUT2D eigenvalue weighted by Gasteiger charge is -2.24. The van der Waals surface area contributed by atoms with Gasteiger partial charge in [0.2, 0.25) is 5.91 Å². The molecular weight excluding hydrogens is 320 g/mol. The molecule has 0 heterocycles. The third-order valence-corrected chi connectivity index (χ3v) is 4.80. The van der Waals surface area contributed by atoms with Crippen LogP contribution in [0.2, 0.25) is 0 Å². The Labute approximate surface area is 161 Å². The van der Waals surface area contributed by atoms with Crippen molar-refractivity contribution in [3.8, 4) is 0 Å². The zero-order valence-corrected chi connectivity index (χ0v) is 17.4. The van der Waals surface area contributed by atoms with E-state index in [1.165, 1.54) is 63.4 Å². The number of carbonyl (C=O) groups is 1. The van der Waals surface area contributed by atoms with Gasteiger partial charge in [-0.25, -0.2) is 0 Å². The van der Waals surface area contributed by atoms with Gasteiger partial charge in [0.25, 0.3) is 0 Å². The lowest BCUT2D eigenvalue weighted by molar-refractivity contribution is -0.132. The Morgan fingerprint density at radius 1 is 0.808 bits per heavy atom. The molecule has 0 aliphatic carbocycles. The van der Waals surface area contributed by atoms with E-state index in [2.05, 4.69) is 19.1 Å². The lowest BCUT2D eigenvalue weighted by Crippen LogP contribution is -2.38. The van der Waals surface area contributed by atoms with Gasteiger partial charge in [0.05, 0.1) is 6.54 Å². The van der Waals surface area contributed by atoms with Gasteiger partial charge in [-0.1, -0.05) is 95.0 Å². The average Bonchev–Trinajstić information content (AvgIpc) is 2.62. The van der Waals surface area contributed by atoms with Crippen molar-refractivity contribution < 1.29 is 4.79 Å². The zero-order valence-electron chi connectivity index (χ0n) is 17.4. The minimum Gasteiger partial charge on any atom is -0.337 e. The normalized spacial score (nSPS) is 11.1. The molecule has 1 amide bonds. The van der Waals surface area contributed by atoms with Gasteiger partial charge in [-0.3, -0.25) is 4.79 Å². The van der Waals surface area contributed by atoms with Crippen molar-refractivity contribution in [1.29, 1.82) is 0 Å². The molecule has 0 bridgehead atoms. The fourth-order valence-electron chi connectivity index (χ4n) is 3.26. The molecule has 0 atom stereocenters. The van der Waals surface area contributed by atoms with E-state index < -0.39 is 0 Å². The number of unbranched alkanes of at least 4 members (excludes halogenated alkanes) is 9. The summed E-state index contributed by atoms with van der Waals surface area (Å²) in [6, 6.07) is 10.3. The van der Waals surface area contributed by atoms with E-state index >= 15 is 0 Å². The number of rotatable bonds is 15. The summed E-state index contributed by atoms with van der Waals surface area (Å²) in [5, 5.41) is 0. The summed E-state index contributed by atoms with van der Waals surface area (Å²) in [5.41, 5.74) is 1.21. The smallest absolute Gasteiger partial charge is 0.237 e. The molecule has 1 rings (SSSR count). The van der Waals surface area contributed by atoms with E-state index in [9.17, 15) is 4.79 Å².